The molecule has 2 heterocycles. The van der Waals surface area contributed by atoms with Crippen LogP contribution in [0.15, 0.2) is 105 Å². The van der Waals surface area contributed by atoms with Gasteiger partial charge >= 0.3 is 5.88 Å². The lowest BCUT2D eigenvalue weighted by atomic mass is 10.0. The molecule has 0 aliphatic heterocycles. The van der Waals surface area contributed by atoms with Gasteiger partial charge in [-0.1, -0.05) is 72.8 Å². The first-order valence-corrected chi connectivity index (χ1v) is 11.6. The molecule has 168 valence electrons. The van der Waals surface area contributed by atoms with Crippen molar-refractivity contribution in [3.63, 3.8) is 0 Å². The van der Waals surface area contributed by atoms with E-state index < -0.39 is 4.92 Å². The second kappa shape index (κ2) is 9.68. The predicted octanol–water partition coefficient (Wildman–Crippen LogP) is 5.90. The van der Waals surface area contributed by atoms with Gasteiger partial charge in [0.25, 0.3) is 0 Å². The Balaban J connectivity index is 1.56. The van der Waals surface area contributed by atoms with Crippen LogP contribution in [-0.4, -0.2) is 22.4 Å². The van der Waals surface area contributed by atoms with Gasteiger partial charge in [-0.3, -0.25) is 15.1 Å². The Morgan fingerprint density at radius 2 is 1.76 bits per heavy atom. The zero-order valence-electron chi connectivity index (χ0n) is 18.1. The van der Waals surface area contributed by atoms with E-state index in [-0.39, 0.29) is 5.88 Å². The molecule has 0 bridgehead atoms. The average molecular weight is 469 g/mol. The predicted molar refractivity (Wildman–Crippen MR) is 134 cm³/mol. The zero-order valence-corrected chi connectivity index (χ0v) is 18.9. The van der Waals surface area contributed by atoms with Crippen LogP contribution in [0.1, 0.15) is 11.3 Å². The second-order valence-corrected chi connectivity index (χ2v) is 8.37. The summed E-state index contributed by atoms with van der Waals surface area (Å²) in [5.74, 6) is -0.0247. The summed E-state index contributed by atoms with van der Waals surface area (Å²) in [5, 5.41) is 19.8. The van der Waals surface area contributed by atoms with E-state index in [0.717, 1.165) is 33.3 Å². The van der Waals surface area contributed by atoms with Crippen molar-refractivity contribution in [3.05, 3.63) is 117 Å². The molecular weight excluding hydrogens is 448 g/mol. The maximum atomic E-state index is 10.9. The topological polar surface area (TPSA) is 85.9 Å². The lowest BCUT2D eigenvalue weighted by Crippen LogP contribution is -2.13. The number of aromatic nitrogens is 1. The first-order chi connectivity index (χ1) is 16.7. The molecule has 5 rings (SSSR count). The molecule has 0 aliphatic rings. The highest BCUT2D eigenvalue weighted by Gasteiger charge is 2.13. The SMILES string of the molecule is O=[N+]([O-])c1ccc(C=Nn2c(-c3cccc4ccccc34)csc2=NCCc2ccccc2)o1. The summed E-state index contributed by atoms with van der Waals surface area (Å²) < 4.78 is 7.02. The number of hydrogen-bond donors (Lipinski definition) is 0. The summed E-state index contributed by atoms with van der Waals surface area (Å²) in [5.41, 5.74) is 3.13. The fourth-order valence-electron chi connectivity index (χ4n) is 3.70. The van der Waals surface area contributed by atoms with Crippen molar-refractivity contribution >= 4 is 34.2 Å². The summed E-state index contributed by atoms with van der Waals surface area (Å²) in [4.78, 5) is 15.9. The van der Waals surface area contributed by atoms with E-state index >= 15 is 0 Å². The molecule has 0 unspecified atom stereocenters. The third-order valence-corrected chi connectivity index (χ3v) is 6.19. The molecule has 0 fully saturated rings. The molecule has 2 aromatic heterocycles. The first-order valence-electron chi connectivity index (χ1n) is 10.7. The van der Waals surface area contributed by atoms with Crippen LogP contribution in [0, 0.1) is 10.1 Å². The van der Waals surface area contributed by atoms with Crippen LogP contribution in [0.5, 0.6) is 0 Å². The van der Waals surface area contributed by atoms with Crippen molar-refractivity contribution in [2.75, 3.05) is 6.54 Å². The van der Waals surface area contributed by atoms with Gasteiger partial charge in [-0.15, -0.1) is 11.3 Å². The molecule has 0 saturated carbocycles. The molecule has 0 atom stereocenters. The molecule has 0 spiro atoms. The van der Waals surface area contributed by atoms with Gasteiger partial charge in [0.15, 0.2) is 5.76 Å². The summed E-state index contributed by atoms with van der Waals surface area (Å²) in [6.07, 6.45) is 2.29. The van der Waals surface area contributed by atoms with Gasteiger partial charge in [-0.25, -0.2) is 4.68 Å². The Bertz CT molecular complexity index is 1540. The van der Waals surface area contributed by atoms with Crippen LogP contribution < -0.4 is 4.80 Å². The molecule has 0 amide bonds. The summed E-state index contributed by atoms with van der Waals surface area (Å²) in [7, 11) is 0. The van der Waals surface area contributed by atoms with E-state index in [4.69, 9.17) is 9.41 Å². The molecule has 7 nitrogen and oxygen atoms in total. The van der Waals surface area contributed by atoms with Crippen LogP contribution in [0.3, 0.4) is 0 Å². The second-order valence-electron chi connectivity index (χ2n) is 7.54. The van der Waals surface area contributed by atoms with Gasteiger partial charge in [-0.05, 0) is 28.8 Å². The minimum atomic E-state index is -0.568. The van der Waals surface area contributed by atoms with E-state index in [1.807, 2.05) is 41.8 Å². The number of nitro groups is 1. The van der Waals surface area contributed by atoms with E-state index in [9.17, 15) is 10.1 Å². The standard InChI is InChI=1S/C26H20N4O3S/c31-30(32)25-14-13-21(33-25)17-28-29-24(23-12-6-10-20-9-4-5-11-22(20)23)18-34-26(29)27-16-15-19-7-2-1-3-8-19/h1-14,17-18H,15-16H2. The van der Waals surface area contributed by atoms with E-state index in [1.165, 1.54) is 35.2 Å². The van der Waals surface area contributed by atoms with E-state index in [0.29, 0.717) is 12.3 Å². The van der Waals surface area contributed by atoms with E-state index in [1.54, 1.807) is 4.68 Å². The normalized spacial score (nSPS) is 12.1. The molecular formula is C26H20N4O3S. The third-order valence-electron chi connectivity index (χ3n) is 5.33. The number of hydrogen-bond acceptors (Lipinski definition) is 6. The molecule has 0 saturated heterocycles. The molecule has 0 aliphatic carbocycles. The quantitative estimate of drug-likeness (QED) is 0.169. The smallest absolute Gasteiger partial charge is 0.400 e. The number of rotatable bonds is 7. The highest BCUT2D eigenvalue weighted by Crippen LogP contribution is 2.29. The summed E-state index contributed by atoms with van der Waals surface area (Å²) >= 11 is 1.50. The van der Waals surface area contributed by atoms with Crippen LogP contribution in [-0.2, 0) is 6.42 Å². The highest BCUT2D eigenvalue weighted by molar-refractivity contribution is 7.07. The van der Waals surface area contributed by atoms with Gasteiger partial charge in [0.1, 0.15) is 4.92 Å². The Hall–Kier alpha value is -4.30. The van der Waals surface area contributed by atoms with Crippen molar-refractivity contribution in [1.29, 1.82) is 0 Å². The van der Waals surface area contributed by atoms with Gasteiger partial charge < -0.3 is 4.42 Å². The molecule has 0 N–H and O–H groups in total. The molecule has 5 aromatic rings. The van der Waals surface area contributed by atoms with E-state index in [2.05, 4.69) is 41.5 Å². The highest BCUT2D eigenvalue weighted by atomic mass is 32.1. The largest absolute Gasteiger partial charge is 0.433 e. The van der Waals surface area contributed by atoms with Crippen LogP contribution in [0.2, 0.25) is 0 Å². The fraction of sp³-hybridized carbons (Fsp3) is 0.0769. The number of furan rings is 1. The zero-order chi connectivity index (χ0) is 23.3. The Labute approximate surface area is 199 Å². The monoisotopic (exact) mass is 468 g/mol. The summed E-state index contributed by atoms with van der Waals surface area (Å²) in [6, 6.07) is 27.4. The van der Waals surface area contributed by atoms with Crippen molar-refractivity contribution in [2.24, 2.45) is 10.1 Å². The number of nitrogens with zero attached hydrogens (tertiary/aromatic N) is 4. The van der Waals surface area contributed by atoms with Crippen LogP contribution in [0.25, 0.3) is 22.0 Å². The van der Waals surface area contributed by atoms with Crippen molar-refractivity contribution in [2.45, 2.75) is 6.42 Å². The number of benzene rings is 3. The van der Waals surface area contributed by atoms with Crippen molar-refractivity contribution in [3.8, 4) is 11.3 Å². The van der Waals surface area contributed by atoms with Gasteiger partial charge in [0.05, 0.1) is 18.0 Å². The fourth-order valence-corrected chi connectivity index (χ4v) is 4.56. The lowest BCUT2D eigenvalue weighted by Gasteiger charge is -2.07. The Morgan fingerprint density at radius 1 is 0.971 bits per heavy atom. The minimum absolute atomic E-state index is 0.296. The van der Waals surface area contributed by atoms with Crippen molar-refractivity contribution < 1.29 is 9.34 Å². The minimum Gasteiger partial charge on any atom is -0.400 e. The van der Waals surface area contributed by atoms with Crippen molar-refractivity contribution in [1.82, 2.24) is 4.68 Å². The average Bonchev–Trinajstić information content (AvgIpc) is 3.50. The molecule has 34 heavy (non-hydrogen) atoms. The van der Waals surface area contributed by atoms with Crippen LogP contribution >= 0.6 is 11.3 Å². The molecule has 0 radical (unpaired) electrons. The maximum absolute atomic E-state index is 10.9. The Morgan fingerprint density at radius 3 is 2.59 bits per heavy atom. The molecule has 8 heteroatoms. The summed E-state index contributed by atoms with van der Waals surface area (Å²) in [6.45, 7) is 0.612. The molecule has 3 aromatic carbocycles. The maximum Gasteiger partial charge on any atom is 0.433 e. The van der Waals surface area contributed by atoms with Gasteiger partial charge in [-0.2, -0.15) is 5.10 Å². The number of thiazole rings is 1. The first kappa shape index (κ1) is 21.5. The van der Waals surface area contributed by atoms with Crippen LogP contribution in [0.4, 0.5) is 5.88 Å². The van der Waals surface area contributed by atoms with Gasteiger partial charge in [0, 0.05) is 17.5 Å². The third kappa shape index (κ3) is 4.57. The number of fused-ring (bicyclic) bond motifs is 1. The van der Waals surface area contributed by atoms with Gasteiger partial charge in [0.2, 0.25) is 4.80 Å². The lowest BCUT2D eigenvalue weighted by molar-refractivity contribution is -0.402. The Kier molecular flexibility index (Phi) is 6.13.